The van der Waals surface area contributed by atoms with Crippen LogP contribution in [0.25, 0.3) is 0 Å². The molecule has 0 aromatic carbocycles. The van der Waals surface area contributed by atoms with Crippen LogP contribution in [0.1, 0.15) is 187 Å². The summed E-state index contributed by atoms with van der Waals surface area (Å²) in [5.41, 5.74) is 0. The molecule has 2 unspecified atom stereocenters. The first-order valence-electron chi connectivity index (χ1n) is 20.2. The maximum atomic E-state index is 12.6. The van der Waals surface area contributed by atoms with Gasteiger partial charge in [0.1, 0.15) is 19.8 Å². The molecule has 0 amide bonds. The predicted molar refractivity (Wildman–Crippen MR) is 199 cm³/mol. The zero-order valence-corrected chi connectivity index (χ0v) is 33.6. The van der Waals surface area contributed by atoms with Gasteiger partial charge in [-0.05, 0) is 12.8 Å². The molecule has 0 N–H and O–H groups in total. The van der Waals surface area contributed by atoms with Crippen LogP contribution in [0.2, 0.25) is 0 Å². The average Bonchev–Trinajstić information content (AvgIpc) is 3.04. The summed E-state index contributed by atoms with van der Waals surface area (Å²) in [4.78, 5) is 37.0. The van der Waals surface area contributed by atoms with Crippen LogP contribution in [0.15, 0.2) is 0 Å². The molecule has 49 heavy (non-hydrogen) atoms. The Morgan fingerprint density at radius 1 is 0.551 bits per heavy atom. The Balaban J connectivity index is 4.06. The molecule has 0 fully saturated rings. The summed E-state index contributed by atoms with van der Waals surface area (Å²) in [5.74, 6) is -0.844. The molecule has 0 aromatic rings. The second kappa shape index (κ2) is 32.9. The maximum absolute atomic E-state index is 12.6. The molecule has 292 valence electrons. The highest BCUT2D eigenvalue weighted by atomic mass is 31.2. The molecule has 0 rings (SSSR count). The first-order valence-corrected chi connectivity index (χ1v) is 21.7. The van der Waals surface area contributed by atoms with Crippen LogP contribution >= 0.6 is 7.82 Å². The molecule has 0 bridgehead atoms. The lowest BCUT2D eigenvalue weighted by molar-refractivity contribution is -0.870. The topological polar surface area (TPSA) is 111 Å². The predicted octanol–water partition coefficient (Wildman–Crippen LogP) is 10.2. The number of unbranched alkanes of at least 4 members (excludes halogenated alkanes) is 23. The lowest BCUT2D eigenvalue weighted by atomic mass is 10.0. The second-order valence-corrected chi connectivity index (χ2v) is 16.4. The largest absolute Gasteiger partial charge is 0.756 e. The molecule has 0 radical (unpaired) electrons. The van der Waals surface area contributed by atoms with Crippen molar-refractivity contribution in [1.29, 1.82) is 0 Å². The Kier molecular flexibility index (Phi) is 32.2. The van der Waals surface area contributed by atoms with Crippen molar-refractivity contribution in [2.75, 3.05) is 47.5 Å². The third kappa shape index (κ3) is 36.6. The number of carbonyl (C=O) groups excluding carboxylic acids is 2. The van der Waals surface area contributed by atoms with Crippen molar-refractivity contribution in [1.82, 2.24) is 0 Å². The number of hydrogen-bond donors (Lipinski definition) is 0. The second-order valence-electron chi connectivity index (χ2n) is 15.0. The van der Waals surface area contributed by atoms with E-state index in [9.17, 15) is 19.0 Å². The van der Waals surface area contributed by atoms with E-state index in [1.165, 1.54) is 116 Å². The van der Waals surface area contributed by atoms with Gasteiger partial charge in [-0.15, -0.1) is 0 Å². The van der Waals surface area contributed by atoms with E-state index >= 15 is 0 Å². The van der Waals surface area contributed by atoms with Gasteiger partial charge in [0, 0.05) is 12.8 Å². The third-order valence-electron chi connectivity index (χ3n) is 8.88. The van der Waals surface area contributed by atoms with E-state index in [1.54, 1.807) is 0 Å². The van der Waals surface area contributed by atoms with Crippen molar-refractivity contribution in [2.45, 2.75) is 193 Å². The van der Waals surface area contributed by atoms with Gasteiger partial charge in [-0.25, -0.2) is 0 Å². The fourth-order valence-corrected chi connectivity index (χ4v) is 6.38. The highest BCUT2D eigenvalue weighted by Crippen LogP contribution is 2.38. The highest BCUT2D eigenvalue weighted by Gasteiger charge is 2.21. The Hall–Kier alpha value is -0.990. The van der Waals surface area contributed by atoms with Crippen LogP contribution in [0.4, 0.5) is 0 Å². The monoisotopic (exact) mass is 720 g/mol. The number of phosphoric acid groups is 1. The SMILES string of the molecule is CCCCCCCCCCCCCCCCCCCCCCCC(=O)OC(COC(=O)CCCCCC)COP(=O)([O-])OCC[N+](C)(C)C. The minimum absolute atomic E-state index is 0.0268. The number of phosphoric ester groups is 1. The van der Waals surface area contributed by atoms with E-state index < -0.39 is 32.5 Å². The molecule has 0 spiro atoms. The van der Waals surface area contributed by atoms with E-state index in [0.29, 0.717) is 17.4 Å². The first kappa shape index (κ1) is 48.0. The maximum Gasteiger partial charge on any atom is 0.306 e. The summed E-state index contributed by atoms with van der Waals surface area (Å²) in [6.45, 7) is 4.11. The minimum atomic E-state index is -4.60. The fraction of sp³-hybridized carbons (Fsp3) is 0.949. The van der Waals surface area contributed by atoms with Gasteiger partial charge < -0.3 is 27.9 Å². The Bertz CT molecular complexity index is 819. The quantitative estimate of drug-likeness (QED) is 0.0270. The molecule has 0 aliphatic heterocycles. The van der Waals surface area contributed by atoms with Crippen molar-refractivity contribution in [3.63, 3.8) is 0 Å². The summed E-state index contributed by atoms with van der Waals surface area (Å²) < 4.78 is 33.5. The van der Waals surface area contributed by atoms with Gasteiger partial charge in [0.25, 0.3) is 7.82 Å². The van der Waals surface area contributed by atoms with Gasteiger partial charge in [0.2, 0.25) is 0 Å². The van der Waals surface area contributed by atoms with Crippen LogP contribution in [-0.2, 0) is 32.7 Å². The van der Waals surface area contributed by atoms with Crippen molar-refractivity contribution in [3.05, 3.63) is 0 Å². The van der Waals surface area contributed by atoms with E-state index in [2.05, 4.69) is 13.8 Å². The third-order valence-corrected chi connectivity index (χ3v) is 9.84. The summed E-state index contributed by atoms with van der Waals surface area (Å²) in [6.07, 6.45) is 30.6. The van der Waals surface area contributed by atoms with Crippen LogP contribution in [0.3, 0.4) is 0 Å². The van der Waals surface area contributed by atoms with Gasteiger partial charge >= 0.3 is 11.9 Å². The summed E-state index contributed by atoms with van der Waals surface area (Å²) in [6, 6.07) is 0. The number of esters is 2. The summed E-state index contributed by atoms with van der Waals surface area (Å²) in [7, 11) is 1.17. The molecule has 2 atom stereocenters. The Morgan fingerprint density at radius 3 is 1.33 bits per heavy atom. The fourth-order valence-electron chi connectivity index (χ4n) is 5.65. The van der Waals surface area contributed by atoms with Gasteiger partial charge in [0.15, 0.2) is 6.10 Å². The van der Waals surface area contributed by atoms with Crippen LogP contribution in [-0.4, -0.2) is 70.0 Å². The Morgan fingerprint density at radius 2 is 0.918 bits per heavy atom. The molecule has 0 aliphatic rings. The molecule has 0 aromatic heterocycles. The van der Waals surface area contributed by atoms with Gasteiger partial charge in [-0.3, -0.25) is 14.2 Å². The lowest BCUT2D eigenvalue weighted by Crippen LogP contribution is -2.37. The summed E-state index contributed by atoms with van der Waals surface area (Å²) >= 11 is 0. The zero-order valence-electron chi connectivity index (χ0n) is 32.7. The van der Waals surface area contributed by atoms with Crippen molar-refractivity contribution in [3.8, 4) is 0 Å². The van der Waals surface area contributed by atoms with Crippen LogP contribution in [0.5, 0.6) is 0 Å². The lowest BCUT2D eigenvalue weighted by Gasteiger charge is -2.28. The molecular weight excluding hydrogens is 641 g/mol. The van der Waals surface area contributed by atoms with E-state index in [-0.39, 0.29) is 26.1 Å². The molecule has 0 aliphatic carbocycles. The number of rotatable bonds is 37. The molecule has 0 saturated carbocycles. The summed E-state index contributed by atoms with van der Waals surface area (Å²) in [5, 5.41) is 0. The minimum Gasteiger partial charge on any atom is -0.756 e. The van der Waals surface area contributed by atoms with E-state index in [0.717, 1.165) is 38.5 Å². The number of carbonyl (C=O) groups is 2. The smallest absolute Gasteiger partial charge is 0.306 e. The van der Waals surface area contributed by atoms with E-state index in [1.807, 2.05) is 21.1 Å². The average molecular weight is 720 g/mol. The van der Waals surface area contributed by atoms with Gasteiger partial charge in [-0.1, -0.05) is 162 Å². The van der Waals surface area contributed by atoms with Crippen LogP contribution < -0.4 is 4.89 Å². The number of ether oxygens (including phenoxy) is 2. The normalized spacial score (nSPS) is 13.7. The number of nitrogens with zero attached hydrogens (tertiary/aromatic N) is 1. The molecule has 9 nitrogen and oxygen atoms in total. The zero-order chi connectivity index (χ0) is 36.5. The van der Waals surface area contributed by atoms with Crippen molar-refractivity contribution < 1.29 is 42.1 Å². The van der Waals surface area contributed by atoms with Crippen molar-refractivity contribution >= 4 is 19.8 Å². The van der Waals surface area contributed by atoms with Gasteiger partial charge in [-0.2, -0.15) is 0 Å². The number of quaternary nitrogens is 1. The number of likely N-dealkylation sites (N-methyl/N-ethyl adjacent to an activating group) is 1. The number of hydrogen-bond acceptors (Lipinski definition) is 8. The molecule has 10 heteroatoms. The molecule has 0 heterocycles. The Labute approximate surface area is 302 Å². The molecule has 0 saturated heterocycles. The highest BCUT2D eigenvalue weighted by molar-refractivity contribution is 7.45. The van der Waals surface area contributed by atoms with Crippen molar-refractivity contribution in [2.24, 2.45) is 0 Å². The van der Waals surface area contributed by atoms with Gasteiger partial charge in [0.05, 0.1) is 27.7 Å². The standard InChI is InChI=1S/C39H78NO8P/c1-6-8-10-12-13-14-15-16-17-18-19-20-21-22-23-24-25-26-27-28-30-32-39(42)48-37(35-45-38(41)31-29-11-9-7-2)36-47-49(43,44)46-34-33-40(3,4)5/h37H,6-36H2,1-5H3. The first-order chi connectivity index (χ1) is 23.5. The van der Waals surface area contributed by atoms with Crippen LogP contribution in [0, 0.1) is 0 Å². The molecular formula is C39H78NO8P. The van der Waals surface area contributed by atoms with E-state index in [4.69, 9.17) is 18.5 Å².